The number of hydrogen-bond acceptors (Lipinski definition) is 4. The molecule has 6 nitrogen and oxygen atoms in total. The van der Waals surface area contributed by atoms with Crippen molar-refractivity contribution in [3.63, 3.8) is 0 Å². The number of nitrogens with zero attached hydrogens (tertiary/aromatic N) is 2. The number of benzene rings is 2. The summed E-state index contributed by atoms with van der Waals surface area (Å²) in [5, 5.41) is 13.2. The number of rotatable bonds is 6. The molecule has 1 amide bonds. The predicted octanol–water partition coefficient (Wildman–Crippen LogP) is 2.51. The summed E-state index contributed by atoms with van der Waals surface area (Å²) in [6, 6.07) is 20.8. The lowest BCUT2D eigenvalue weighted by molar-refractivity contribution is 0.0904. The zero-order chi connectivity index (χ0) is 23.9. The second-order valence-electron chi connectivity index (χ2n) is 10.4. The minimum Gasteiger partial charge on any atom is -0.424 e. The summed E-state index contributed by atoms with van der Waals surface area (Å²) in [5.41, 5.74) is 2.79. The third-order valence-corrected chi connectivity index (χ3v) is 12.3. The summed E-state index contributed by atoms with van der Waals surface area (Å²) in [6.45, 7) is 7.80. The average Bonchev–Trinajstić information content (AvgIpc) is 3.23. The monoisotopic (exact) mass is 474 g/mol. The molecule has 0 spiro atoms. The van der Waals surface area contributed by atoms with E-state index < -0.39 is 8.32 Å². The van der Waals surface area contributed by atoms with E-state index in [1.54, 1.807) is 0 Å². The van der Waals surface area contributed by atoms with Gasteiger partial charge in [0.15, 0.2) is 0 Å². The highest BCUT2D eigenvalue weighted by atomic mass is 28.4. The average molecular weight is 475 g/mol. The summed E-state index contributed by atoms with van der Waals surface area (Å²) >= 11 is 0. The van der Waals surface area contributed by atoms with E-state index in [1.807, 2.05) is 41.1 Å². The van der Waals surface area contributed by atoms with Crippen LogP contribution in [0, 0.1) is 0 Å². The van der Waals surface area contributed by atoms with Gasteiger partial charge in [0.1, 0.15) is 5.69 Å². The third kappa shape index (κ3) is 3.81. The maximum absolute atomic E-state index is 12.7. The van der Waals surface area contributed by atoms with Gasteiger partial charge in [0.05, 0.1) is 11.7 Å². The zero-order valence-electron chi connectivity index (χ0n) is 20.2. The van der Waals surface area contributed by atoms with Crippen molar-refractivity contribution in [2.75, 3.05) is 6.54 Å². The Bertz CT molecular complexity index is 1140. The molecule has 2 aliphatic rings. The number of carbonyl (C=O) groups is 1. The molecule has 0 unspecified atom stereocenters. The van der Waals surface area contributed by atoms with Crippen LogP contribution in [-0.2, 0) is 13.0 Å². The van der Waals surface area contributed by atoms with E-state index in [0.717, 1.165) is 40.9 Å². The van der Waals surface area contributed by atoms with Crippen LogP contribution < -0.4 is 21.0 Å². The van der Waals surface area contributed by atoms with Gasteiger partial charge in [-0.1, -0.05) is 74.5 Å². The third-order valence-electron chi connectivity index (χ3n) is 7.74. The molecular formula is C27H34N4O2Si. The first-order chi connectivity index (χ1) is 16.3. The molecule has 2 aliphatic heterocycles. The van der Waals surface area contributed by atoms with Gasteiger partial charge in [-0.05, 0) is 35.2 Å². The molecule has 1 aromatic heterocycles. The highest BCUT2D eigenvalue weighted by molar-refractivity contribution is 6.98. The molecule has 2 aromatic carbocycles. The second kappa shape index (κ2) is 8.80. The Kier molecular flexibility index (Phi) is 5.96. The normalized spacial score (nSPS) is 20.4. The molecule has 0 bridgehead atoms. The van der Waals surface area contributed by atoms with E-state index in [1.165, 1.54) is 0 Å². The Hall–Kier alpha value is -2.74. The SMILES string of the molecule is C[C@@H]1Cc2nn3c(c2CN1)C(=O)NC[C@H]3CCC(C)(C)[Si](O)(c1ccccc1)c1ccccc1. The molecule has 5 rings (SSSR count). The second-order valence-corrected chi connectivity index (χ2v) is 14.4. The van der Waals surface area contributed by atoms with Crippen molar-refractivity contribution in [3.05, 3.63) is 77.6 Å². The molecule has 0 radical (unpaired) electrons. The van der Waals surface area contributed by atoms with E-state index in [2.05, 4.69) is 55.7 Å². The van der Waals surface area contributed by atoms with E-state index in [4.69, 9.17) is 5.10 Å². The van der Waals surface area contributed by atoms with Crippen LogP contribution in [0.15, 0.2) is 60.7 Å². The van der Waals surface area contributed by atoms with Crippen molar-refractivity contribution in [1.82, 2.24) is 20.4 Å². The van der Waals surface area contributed by atoms with Crippen LogP contribution in [-0.4, -0.2) is 41.4 Å². The van der Waals surface area contributed by atoms with Gasteiger partial charge in [-0.25, -0.2) is 0 Å². The standard InChI is InChI=1S/C27H34N4O2Si/c1-19-16-24-23(18-28-19)25-26(32)29-17-20(31(25)30-24)14-15-27(2,3)34(33,21-10-6-4-7-11-21)22-12-8-5-9-13-22/h4-13,19-20,28,33H,14-18H2,1-3H3,(H,29,32)/t19-,20-/m1/s1. The van der Waals surface area contributed by atoms with E-state index in [9.17, 15) is 9.59 Å². The molecule has 0 fully saturated rings. The lowest BCUT2D eigenvalue weighted by Gasteiger charge is -2.42. The van der Waals surface area contributed by atoms with Crippen molar-refractivity contribution in [3.8, 4) is 0 Å². The van der Waals surface area contributed by atoms with Crippen molar-refractivity contribution >= 4 is 24.6 Å². The lowest BCUT2D eigenvalue weighted by Crippen LogP contribution is -2.65. The van der Waals surface area contributed by atoms with Gasteiger partial charge in [0.25, 0.3) is 14.2 Å². The van der Waals surface area contributed by atoms with Gasteiger partial charge >= 0.3 is 0 Å². The molecule has 7 heteroatoms. The first-order valence-corrected chi connectivity index (χ1v) is 14.2. The first-order valence-electron chi connectivity index (χ1n) is 12.3. The molecule has 2 atom stereocenters. The van der Waals surface area contributed by atoms with Crippen LogP contribution in [0.1, 0.15) is 61.4 Å². The molecule has 0 aliphatic carbocycles. The predicted molar refractivity (Wildman–Crippen MR) is 137 cm³/mol. The van der Waals surface area contributed by atoms with Gasteiger partial charge in [0.2, 0.25) is 0 Å². The molecule has 178 valence electrons. The van der Waals surface area contributed by atoms with E-state index in [-0.39, 0.29) is 17.0 Å². The quantitative estimate of drug-likeness (QED) is 0.480. The van der Waals surface area contributed by atoms with Crippen LogP contribution in [0.4, 0.5) is 0 Å². The number of amides is 1. The number of aromatic nitrogens is 2. The van der Waals surface area contributed by atoms with Gasteiger partial charge in [-0.15, -0.1) is 0 Å². The van der Waals surface area contributed by atoms with Crippen LogP contribution >= 0.6 is 0 Å². The minimum absolute atomic E-state index is 0.0277. The summed E-state index contributed by atoms with van der Waals surface area (Å²) in [7, 11) is -3.06. The maximum atomic E-state index is 12.7. The van der Waals surface area contributed by atoms with Gasteiger partial charge in [-0.2, -0.15) is 5.10 Å². The number of hydrogen-bond donors (Lipinski definition) is 3. The molecule has 3 aromatic rings. The number of fused-ring (bicyclic) bond motifs is 3. The summed E-state index contributed by atoms with van der Waals surface area (Å²) < 4.78 is 1.98. The Balaban J connectivity index is 1.46. The van der Waals surface area contributed by atoms with Crippen molar-refractivity contribution in [2.45, 2.75) is 63.7 Å². The highest BCUT2D eigenvalue weighted by Gasteiger charge is 2.50. The van der Waals surface area contributed by atoms with Crippen LogP contribution in [0.25, 0.3) is 0 Å². The maximum Gasteiger partial charge on any atom is 0.269 e. The van der Waals surface area contributed by atoms with Crippen molar-refractivity contribution < 1.29 is 9.59 Å². The summed E-state index contributed by atoms with van der Waals surface area (Å²) in [6.07, 6.45) is 2.49. The number of carbonyl (C=O) groups excluding carboxylic acids is 1. The fourth-order valence-electron chi connectivity index (χ4n) is 5.63. The Labute approximate surface area is 202 Å². The molecule has 0 saturated carbocycles. The fourth-order valence-corrected chi connectivity index (χ4v) is 9.38. The van der Waals surface area contributed by atoms with E-state index in [0.29, 0.717) is 24.8 Å². The van der Waals surface area contributed by atoms with Gasteiger partial charge in [-0.3, -0.25) is 9.48 Å². The Morgan fingerprint density at radius 1 is 1.09 bits per heavy atom. The summed E-state index contributed by atoms with van der Waals surface area (Å²) in [5.74, 6) is -0.0277. The Morgan fingerprint density at radius 3 is 2.32 bits per heavy atom. The largest absolute Gasteiger partial charge is 0.424 e. The molecular weight excluding hydrogens is 440 g/mol. The van der Waals surface area contributed by atoms with Crippen molar-refractivity contribution in [1.29, 1.82) is 0 Å². The van der Waals surface area contributed by atoms with Crippen molar-refractivity contribution in [2.24, 2.45) is 0 Å². The molecule has 3 N–H and O–H groups in total. The first kappa shape index (κ1) is 23.0. The van der Waals surface area contributed by atoms with Crippen LogP contribution in [0.3, 0.4) is 0 Å². The number of nitrogens with one attached hydrogen (secondary N) is 2. The minimum atomic E-state index is -3.06. The summed E-state index contributed by atoms with van der Waals surface area (Å²) in [4.78, 5) is 25.2. The topological polar surface area (TPSA) is 79.2 Å². The lowest BCUT2D eigenvalue weighted by atomic mass is 9.99. The van der Waals surface area contributed by atoms with Crippen LogP contribution in [0.2, 0.25) is 5.04 Å². The van der Waals surface area contributed by atoms with Gasteiger partial charge < -0.3 is 15.4 Å². The zero-order valence-corrected chi connectivity index (χ0v) is 21.2. The fraction of sp³-hybridized carbons (Fsp3) is 0.407. The molecule has 3 heterocycles. The molecule has 34 heavy (non-hydrogen) atoms. The Morgan fingerprint density at radius 2 is 1.71 bits per heavy atom. The van der Waals surface area contributed by atoms with Gasteiger partial charge in [0, 0.05) is 31.1 Å². The van der Waals surface area contributed by atoms with E-state index >= 15 is 0 Å². The molecule has 0 saturated heterocycles. The highest BCUT2D eigenvalue weighted by Crippen LogP contribution is 2.42. The smallest absolute Gasteiger partial charge is 0.269 e. The van der Waals surface area contributed by atoms with Crippen LogP contribution in [0.5, 0.6) is 0 Å².